The Bertz CT molecular complexity index is 526. The van der Waals surface area contributed by atoms with Crippen molar-refractivity contribution in [2.75, 3.05) is 20.8 Å². The van der Waals surface area contributed by atoms with Crippen LogP contribution in [0.1, 0.15) is 24.7 Å². The van der Waals surface area contributed by atoms with Crippen molar-refractivity contribution < 1.29 is 19.1 Å². The number of fused-ring (bicyclic) bond motifs is 1. The maximum Gasteiger partial charge on any atom is 0.329 e. The minimum Gasteiger partial charge on any atom is -0.467 e. The number of aromatic nitrogens is 2. The van der Waals surface area contributed by atoms with Crippen molar-refractivity contribution in [1.29, 1.82) is 0 Å². The summed E-state index contributed by atoms with van der Waals surface area (Å²) < 4.78 is 11.7. The van der Waals surface area contributed by atoms with Gasteiger partial charge in [-0.1, -0.05) is 6.92 Å². The lowest BCUT2D eigenvalue weighted by molar-refractivity contribution is -0.155. The standard InChI is InChI=1S/C14H21N3O4/c1-4-5-16-9-15-10-6-11(14(19)21-3)17(7-12(10)16)13(18)8-20-2/h9,11H,4-8H2,1-3H3. The molecule has 0 fully saturated rings. The summed E-state index contributed by atoms with van der Waals surface area (Å²) in [5, 5.41) is 0. The van der Waals surface area contributed by atoms with E-state index in [1.807, 2.05) is 4.57 Å². The van der Waals surface area contributed by atoms with E-state index in [0.717, 1.165) is 24.4 Å². The van der Waals surface area contributed by atoms with Crippen LogP contribution < -0.4 is 0 Å². The number of carbonyl (C=O) groups excluding carboxylic acids is 2. The molecule has 1 amide bonds. The van der Waals surface area contributed by atoms with Gasteiger partial charge in [0.2, 0.25) is 5.91 Å². The van der Waals surface area contributed by atoms with Gasteiger partial charge in [-0.15, -0.1) is 0 Å². The molecule has 2 rings (SSSR count). The van der Waals surface area contributed by atoms with E-state index in [1.54, 1.807) is 6.33 Å². The average molecular weight is 295 g/mol. The van der Waals surface area contributed by atoms with Gasteiger partial charge in [-0.3, -0.25) is 4.79 Å². The van der Waals surface area contributed by atoms with Gasteiger partial charge in [-0.05, 0) is 6.42 Å². The molecule has 0 aliphatic carbocycles. The van der Waals surface area contributed by atoms with Gasteiger partial charge in [0.15, 0.2) is 0 Å². The Morgan fingerprint density at radius 1 is 1.43 bits per heavy atom. The Morgan fingerprint density at radius 3 is 2.81 bits per heavy atom. The SMILES string of the molecule is CCCn1cnc2c1CN(C(=O)COC)C(C(=O)OC)C2. The molecular formula is C14H21N3O4. The summed E-state index contributed by atoms with van der Waals surface area (Å²) in [6.45, 7) is 3.24. The Balaban J connectivity index is 2.30. The van der Waals surface area contributed by atoms with Crippen molar-refractivity contribution in [2.24, 2.45) is 0 Å². The zero-order chi connectivity index (χ0) is 15.4. The van der Waals surface area contributed by atoms with Gasteiger partial charge in [0, 0.05) is 20.1 Å². The molecule has 0 radical (unpaired) electrons. The third-order valence-electron chi connectivity index (χ3n) is 3.64. The fourth-order valence-electron chi connectivity index (χ4n) is 2.62. The van der Waals surface area contributed by atoms with Gasteiger partial charge in [-0.2, -0.15) is 0 Å². The van der Waals surface area contributed by atoms with Crippen molar-refractivity contribution in [2.45, 2.75) is 38.9 Å². The van der Waals surface area contributed by atoms with E-state index >= 15 is 0 Å². The monoisotopic (exact) mass is 295 g/mol. The van der Waals surface area contributed by atoms with Gasteiger partial charge in [0.1, 0.15) is 12.6 Å². The Kier molecular flexibility index (Phi) is 4.95. The largest absolute Gasteiger partial charge is 0.467 e. The van der Waals surface area contributed by atoms with E-state index in [0.29, 0.717) is 13.0 Å². The number of aryl methyl sites for hydroxylation is 1. The van der Waals surface area contributed by atoms with Crippen LogP contribution in [0.2, 0.25) is 0 Å². The van der Waals surface area contributed by atoms with E-state index in [4.69, 9.17) is 9.47 Å². The molecule has 0 saturated carbocycles. The molecule has 1 unspecified atom stereocenters. The van der Waals surface area contributed by atoms with Crippen molar-refractivity contribution in [3.63, 3.8) is 0 Å². The predicted octanol–water partition coefficient (Wildman–Crippen LogP) is 0.366. The number of esters is 1. The van der Waals surface area contributed by atoms with Crippen LogP contribution in [0.4, 0.5) is 0 Å². The van der Waals surface area contributed by atoms with Crippen LogP contribution in [-0.4, -0.2) is 53.2 Å². The van der Waals surface area contributed by atoms with Gasteiger partial charge in [0.25, 0.3) is 0 Å². The van der Waals surface area contributed by atoms with Crippen LogP contribution in [0.25, 0.3) is 0 Å². The first kappa shape index (κ1) is 15.5. The molecule has 21 heavy (non-hydrogen) atoms. The molecule has 7 nitrogen and oxygen atoms in total. The summed E-state index contributed by atoms with van der Waals surface area (Å²) >= 11 is 0. The molecular weight excluding hydrogens is 274 g/mol. The maximum atomic E-state index is 12.2. The van der Waals surface area contributed by atoms with E-state index in [2.05, 4.69) is 11.9 Å². The second-order valence-electron chi connectivity index (χ2n) is 5.03. The first-order valence-electron chi connectivity index (χ1n) is 7.01. The third-order valence-corrected chi connectivity index (χ3v) is 3.64. The summed E-state index contributed by atoms with van der Waals surface area (Å²) in [5.41, 5.74) is 1.85. The molecule has 1 aliphatic heterocycles. The van der Waals surface area contributed by atoms with Crippen molar-refractivity contribution >= 4 is 11.9 Å². The molecule has 0 bridgehead atoms. The molecule has 2 heterocycles. The van der Waals surface area contributed by atoms with Gasteiger partial charge >= 0.3 is 5.97 Å². The van der Waals surface area contributed by atoms with Crippen LogP contribution >= 0.6 is 0 Å². The van der Waals surface area contributed by atoms with Crippen LogP contribution in [0.3, 0.4) is 0 Å². The fraction of sp³-hybridized carbons (Fsp3) is 0.643. The minimum atomic E-state index is -0.630. The Labute approximate surface area is 123 Å². The quantitative estimate of drug-likeness (QED) is 0.734. The zero-order valence-electron chi connectivity index (χ0n) is 12.7. The highest BCUT2D eigenvalue weighted by atomic mass is 16.5. The molecule has 0 N–H and O–H groups in total. The second kappa shape index (κ2) is 6.71. The smallest absolute Gasteiger partial charge is 0.329 e. The highest BCUT2D eigenvalue weighted by Gasteiger charge is 2.37. The van der Waals surface area contributed by atoms with E-state index in [1.165, 1.54) is 19.1 Å². The highest BCUT2D eigenvalue weighted by Crippen LogP contribution is 2.24. The highest BCUT2D eigenvalue weighted by molar-refractivity contribution is 5.85. The third kappa shape index (κ3) is 3.07. The molecule has 7 heteroatoms. The molecule has 1 aromatic heterocycles. The average Bonchev–Trinajstić information content (AvgIpc) is 2.88. The Morgan fingerprint density at radius 2 is 2.19 bits per heavy atom. The van der Waals surface area contributed by atoms with Crippen molar-refractivity contribution in [3.8, 4) is 0 Å². The summed E-state index contributed by atoms with van der Waals surface area (Å²) in [6, 6.07) is -0.630. The molecule has 1 aliphatic rings. The molecule has 116 valence electrons. The number of hydrogen-bond acceptors (Lipinski definition) is 5. The number of ether oxygens (including phenoxy) is 2. The van der Waals surface area contributed by atoms with Crippen molar-refractivity contribution in [1.82, 2.24) is 14.5 Å². The predicted molar refractivity (Wildman–Crippen MR) is 74.5 cm³/mol. The van der Waals surface area contributed by atoms with Crippen LogP contribution in [-0.2, 0) is 38.6 Å². The molecule has 1 aromatic rings. The lowest BCUT2D eigenvalue weighted by Crippen LogP contribution is -2.50. The maximum absolute atomic E-state index is 12.2. The first-order valence-corrected chi connectivity index (χ1v) is 7.01. The zero-order valence-corrected chi connectivity index (χ0v) is 12.7. The van der Waals surface area contributed by atoms with Crippen LogP contribution in [0.5, 0.6) is 0 Å². The van der Waals surface area contributed by atoms with E-state index in [-0.39, 0.29) is 12.5 Å². The lowest BCUT2D eigenvalue weighted by atomic mass is 10.0. The topological polar surface area (TPSA) is 73.7 Å². The van der Waals surface area contributed by atoms with Gasteiger partial charge < -0.3 is 18.9 Å². The van der Waals surface area contributed by atoms with E-state index in [9.17, 15) is 9.59 Å². The summed E-state index contributed by atoms with van der Waals surface area (Å²) in [7, 11) is 2.79. The molecule has 0 saturated heterocycles. The van der Waals surface area contributed by atoms with Gasteiger partial charge in [-0.25, -0.2) is 9.78 Å². The number of hydrogen-bond donors (Lipinski definition) is 0. The second-order valence-corrected chi connectivity index (χ2v) is 5.03. The number of rotatable bonds is 5. The summed E-state index contributed by atoms with van der Waals surface area (Å²) in [6.07, 6.45) is 3.14. The first-order chi connectivity index (χ1) is 10.1. The number of carbonyl (C=O) groups is 2. The molecule has 0 aromatic carbocycles. The Hall–Kier alpha value is -1.89. The number of nitrogens with zero attached hydrogens (tertiary/aromatic N) is 3. The number of methoxy groups -OCH3 is 2. The number of imidazole rings is 1. The van der Waals surface area contributed by atoms with E-state index < -0.39 is 12.0 Å². The van der Waals surface area contributed by atoms with Crippen LogP contribution in [0, 0.1) is 0 Å². The molecule has 0 spiro atoms. The lowest BCUT2D eigenvalue weighted by Gasteiger charge is -2.33. The van der Waals surface area contributed by atoms with Gasteiger partial charge in [0.05, 0.1) is 31.4 Å². The summed E-state index contributed by atoms with van der Waals surface area (Å²) in [4.78, 5) is 30.0. The summed E-state index contributed by atoms with van der Waals surface area (Å²) in [5.74, 6) is -0.641. The minimum absolute atomic E-state index is 0.0509. The van der Waals surface area contributed by atoms with Crippen molar-refractivity contribution in [3.05, 3.63) is 17.7 Å². The number of amides is 1. The normalized spacial score (nSPS) is 17.5. The fourth-order valence-corrected chi connectivity index (χ4v) is 2.62. The van der Waals surface area contributed by atoms with Crippen LogP contribution in [0.15, 0.2) is 6.33 Å². The molecule has 1 atom stereocenters.